The van der Waals surface area contributed by atoms with Gasteiger partial charge >= 0.3 is 0 Å². The quantitative estimate of drug-likeness (QED) is 0.850. The van der Waals surface area contributed by atoms with E-state index in [0.717, 1.165) is 19.3 Å². The first-order chi connectivity index (χ1) is 10.5. The van der Waals surface area contributed by atoms with Crippen molar-refractivity contribution in [1.82, 2.24) is 9.78 Å². The van der Waals surface area contributed by atoms with Crippen LogP contribution in [0.15, 0.2) is 35.4 Å². The summed E-state index contributed by atoms with van der Waals surface area (Å²) in [5, 5.41) is 4.18. The van der Waals surface area contributed by atoms with Gasteiger partial charge in [-0.05, 0) is 44.4 Å². The van der Waals surface area contributed by atoms with Crippen molar-refractivity contribution in [3.63, 3.8) is 0 Å². The summed E-state index contributed by atoms with van der Waals surface area (Å²) < 4.78 is 29.1. The summed E-state index contributed by atoms with van der Waals surface area (Å²) in [6.07, 6.45) is 4.87. The average molecular weight is 321 g/mol. The number of anilines is 1. The van der Waals surface area contributed by atoms with Gasteiger partial charge < -0.3 is 0 Å². The molecule has 6 heteroatoms. The molecule has 2 aromatic rings. The molecule has 2 rings (SSSR count). The molecule has 0 spiro atoms. The second-order valence-electron chi connectivity index (χ2n) is 5.34. The van der Waals surface area contributed by atoms with Crippen molar-refractivity contribution in [2.24, 2.45) is 0 Å². The van der Waals surface area contributed by atoms with E-state index in [-0.39, 0.29) is 4.90 Å². The Balaban J connectivity index is 2.16. The zero-order valence-electron chi connectivity index (χ0n) is 13.3. The number of hydrogen-bond acceptors (Lipinski definition) is 3. The van der Waals surface area contributed by atoms with Crippen molar-refractivity contribution in [3.05, 3.63) is 41.7 Å². The molecule has 1 N–H and O–H groups in total. The maximum Gasteiger partial charge on any atom is 0.265 e. The molecule has 5 nitrogen and oxygen atoms in total. The van der Waals surface area contributed by atoms with Crippen LogP contribution in [0, 0.1) is 6.92 Å². The van der Waals surface area contributed by atoms with Crippen LogP contribution in [0.3, 0.4) is 0 Å². The molecule has 0 fully saturated rings. The van der Waals surface area contributed by atoms with Crippen LogP contribution in [0.25, 0.3) is 0 Å². The van der Waals surface area contributed by atoms with Crippen LogP contribution >= 0.6 is 0 Å². The fraction of sp³-hybridized carbons (Fsp3) is 0.438. The molecule has 0 aliphatic carbocycles. The molecule has 0 amide bonds. The smallest absolute Gasteiger partial charge is 0.265 e. The van der Waals surface area contributed by atoms with Gasteiger partial charge in [0.1, 0.15) is 4.90 Å². The lowest BCUT2D eigenvalue weighted by Crippen LogP contribution is -2.13. The molecule has 0 unspecified atom stereocenters. The first-order valence-electron chi connectivity index (χ1n) is 7.62. The Morgan fingerprint density at radius 2 is 1.86 bits per heavy atom. The second kappa shape index (κ2) is 6.96. The van der Waals surface area contributed by atoms with E-state index >= 15 is 0 Å². The van der Waals surface area contributed by atoms with Crippen LogP contribution in [-0.4, -0.2) is 18.2 Å². The Bertz CT molecular complexity index is 718. The van der Waals surface area contributed by atoms with Crippen LogP contribution in [-0.2, 0) is 23.0 Å². The minimum Gasteiger partial charge on any atom is -0.280 e. The fourth-order valence-electron chi connectivity index (χ4n) is 2.26. The Labute approximate surface area is 132 Å². The zero-order chi connectivity index (χ0) is 16.2. The van der Waals surface area contributed by atoms with E-state index in [2.05, 4.69) is 16.7 Å². The predicted molar refractivity (Wildman–Crippen MR) is 88.5 cm³/mol. The summed E-state index contributed by atoms with van der Waals surface area (Å²) in [7, 11) is -3.60. The van der Waals surface area contributed by atoms with E-state index in [1.807, 2.05) is 31.2 Å². The summed E-state index contributed by atoms with van der Waals surface area (Å²) in [5.41, 5.74) is 2.30. The monoisotopic (exact) mass is 321 g/mol. The largest absolute Gasteiger partial charge is 0.280 e. The molecule has 0 saturated heterocycles. The van der Waals surface area contributed by atoms with Gasteiger partial charge in [-0.1, -0.05) is 25.5 Å². The highest BCUT2D eigenvalue weighted by Crippen LogP contribution is 2.19. The molecule has 0 aliphatic rings. The number of hydrogen-bond donors (Lipinski definition) is 1. The molecule has 0 bridgehead atoms. The van der Waals surface area contributed by atoms with Gasteiger partial charge in [-0.2, -0.15) is 5.10 Å². The summed E-state index contributed by atoms with van der Waals surface area (Å²) in [4.78, 5) is 0.226. The van der Waals surface area contributed by atoms with E-state index in [9.17, 15) is 8.42 Å². The van der Waals surface area contributed by atoms with Crippen molar-refractivity contribution in [2.45, 2.75) is 51.5 Å². The topological polar surface area (TPSA) is 64.0 Å². The van der Waals surface area contributed by atoms with Crippen molar-refractivity contribution >= 4 is 15.7 Å². The molecule has 0 radical (unpaired) electrons. The number of sulfonamides is 1. The van der Waals surface area contributed by atoms with Gasteiger partial charge in [0, 0.05) is 18.4 Å². The zero-order valence-corrected chi connectivity index (χ0v) is 14.2. The number of nitrogens with one attached hydrogen (secondary N) is 1. The third-order valence-corrected chi connectivity index (χ3v) is 5.02. The predicted octanol–water partition coefficient (Wildman–Crippen LogP) is 3.35. The normalized spacial score (nSPS) is 11.6. The Hall–Kier alpha value is -1.82. The lowest BCUT2D eigenvalue weighted by Gasteiger charge is -2.08. The van der Waals surface area contributed by atoms with E-state index in [1.165, 1.54) is 5.56 Å². The van der Waals surface area contributed by atoms with E-state index in [0.29, 0.717) is 17.9 Å². The Morgan fingerprint density at radius 3 is 2.41 bits per heavy atom. The van der Waals surface area contributed by atoms with Gasteiger partial charge in [0.05, 0.1) is 5.69 Å². The fourth-order valence-corrected chi connectivity index (χ4v) is 3.50. The van der Waals surface area contributed by atoms with Crippen LogP contribution in [0.4, 0.5) is 5.69 Å². The maximum atomic E-state index is 12.4. The molecule has 1 aromatic carbocycles. The molecular formula is C16H23N3O2S. The minimum absolute atomic E-state index is 0.226. The van der Waals surface area contributed by atoms with Crippen LogP contribution in [0.5, 0.6) is 0 Å². The first-order valence-corrected chi connectivity index (χ1v) is 9.10. The molecule has 1 aromatic heterocycles. The standard InChI is InChI=1S/C16H23N3O2S/c1-4-6-7-14-8-10-15(11-9-14)18-22(20,21)16-12-19(5-2)17-13(16)3/h8-12,18H,4-7H2,1-3H3. The van der Waals surface area contributed by atoms with E-state index in [4.69, 9.17) is 0 Å². The number of unbranched alkanes of at least 4 members (excludes halogenated alkanes) is 1. The summed E-state index contributed by atoms with van der Waals surface area (Å²) in [6, 6.07) is 7.55. The van der Waals surface area contributed by atoms with Gasteiger partial charge in [-0.25, -0.2) is 8.42 Å². The number of benzene rings is 1. The van der Waals surface area contributed by atoms with Crippen LogP contribution in [0.1, 0.15) is 37.9 Å². The minimum atomic E-state index is -3.60. The highest BCUT2D eigenvalue weighted by Gasteiger charge is 2.20. The van der Waals surface area contributed by atoms with Gasteiger partial charge in [0.25, 0.3) is 10.0 Å². The van der Waals surface area contributed by atoms with Crippen LogP contribution < -0.4 is 4.72 Å². The van der Waals surface area contributed by atoms with Crippen molar-refractivity contribution in [1.29, 1.82) is 0 Å². The third kappa shape index (κ3) is 3.88. The second-order valence-corrected chi connectivity index (χ2v) is 6.99. The number of rotatable bonds is 7. The number of nitrogens with zero attached hydrogens (tertiary/aromatic N) is 2. The van der Waals surface area contributed by atoms with Crippen LogP contribution in [0.2, 0.25) is 0 Å². The Kier molecular flexibility index (Phi) is 5.24. The summed E-state index contributed by atoms with van der Waals surface area (Å²) >= 11 is 0. The highest BCUT2D eigenvalue weighted by atomic mass is 32.2. The molecule has 1 heterocycles. The van der Waals surface area contributed by atoms with Crippen molar-refractivity contribution in [2.75, 3.05) is 4.72 Å². The Morgan fingerprint density at radius 1 is 1.18 bits per heavy atom. The van der Waals surface area contributed by atoms with Gasteiger partial charge in [0.15, 0.2) is 0 Å². The molecule has 0 saturated carbocycles. The van der Waals surface area contributed by atoms with Gasteiger partial charge in [-0.15, -0.1) is 0 Å². The van der Waals surface area contributed by atoms with E-state index in [1.54, 1.807) is 17.8 Å². The summed E-state index contributed by atoms with van der Waals surface area (Å²) in [6.45, 7) is 6.42. The molecular weight excluding hydrogens is 298 g/mol. The summed E-state index contributed by atoms with van der Waals surface area (Å²) in [5.74, 6) is 0. The molecule has 22 heavy (non-hydrogen) atoms. The lowest BCUT2D eigenvalue weighted by molar-refractivity contribution is 0.600. The average Bonchev–Trinajstić information content (AvgIpc) is 2.88. The lowest BCUT2D eigenvalue weighted by atomic mass is 10.1. The molecule has 0 atom stereocenters. The molecule has 0 aliphatic heterocycles. The maximum absolute atomic E-state index is 12.4. The number of aromatic nitrogens is 2. The third-order valence-electron chi connectivity index (χ3n) is 3.54. The SMILES string of the molecule is CCCCc1ccc(NS(=O)(=O)c2cn(CC)nc2C)cc1. The van der Waals surface area contributed by atoms with Gasteiger partial charge in [-0.3, -0.25) is 9.40 Å². The van der Waals surface area contributed by atoms with Gasteiger partial charge in [0.2, 0.25) is 0 Å². The highest BCUT2D eigenvalue weighted by molar-refractivity contribution is 7.92. The first kappa shape index (κ1) is 16.5. The van der Waals surface area contributed by atoms with Crippen molar-refractivity contribution in [3.8, 4) is 0 Å². The molecule has 120 valence electrons. The van der Waals surface area contributed by atoms with E-state index < -0.39 is 10.0 Å². The number of aryl methyl sites for hydroxylation is 3. The van der Waals surface area contributed by atoms with Crippen molar-refractivity contribution < 1.29 is 8.42 Å².